The average molecular weight is 375 g/mol. The van der Waals surface area contributed by atoms with Gasteiger partial charge in [-0.3, -0.25) is 9.69 Å². The van der Waals surface area contributed by atoms with Crippen LogP contribution in [0, 0.1) is 0 Å². The molecule has 0 spiro atoms. The standard InChI is InChI=1S/C15H23BrN2O2S/c1-15(2)12-8-11(16)9-17-13(12)18(14(15)19)10-20-6-7-21(3,4)5/h8-9H,6-7,10H2,1-5H3. The molecule has 2 heterocycles. The maximum Gasteiger partial charge on any atom is 0.240 e. The summed E-state index contributed by atoms with van der Waals surface area (Å²) >= 11 is 3.42. The fraction of sp³-hybridized carbons (Fsp3) is 0.600. The van der Waals surface area contributed by atoms with Crippen LogP contribution in [0.3, 0.4) is 0 Å². The van der Waals surface area contributed by atoms with Crippen LogP contribution in [-0.2, 0) is 14.9 Å². The van der Waals surface area contributed by atoms with E-state index in [1.807, 2.05) is 19.9 Å². The Morgan fingerprint density at radius 2 is 2.05 bits per heavy atom. The molecule has 21 heavy (non-hydrogen) atoms. The molecule has 0 saturated carbocycles. The van der Waals surface area contributed by atoms with Crippen molar-refractivity contribution in [3.63, 3.8) is 0 Å². The smallest absolute Gasteiger partial charge is 0.240 e. The van der Waals surface area contributed by atoms with Gasteiger partial charge in [-0.1, -0.05) is 0 Å². The Morgan fingerprint density at radius 1 is 1.38 bits per heavy atom. The van der Waals surface area contributed by atoms with E-state index in [4.69, 9.17) is 4.74 Å². The Kier molecular flexibility index (Phi) is 4.71. The number of anilines is 1. The second-order valence-electron chi connectivity index (χ2n) is 6.72. The number of ether oxygens (including phenoxy) is 1. The molecule has 2 rings (SSSR count). The normalized spacial score (nSPS) is 18.0. The molecule has 1 aromatic rings. The predicted octanol–water partition coefficient (Wildman–Crippen LogP) is 3.14. The van der Waals surface area contributed by atoms with Crippen molar-refractivity contribution in [2.75, 3.05) is 42.8 Å². The molecule has 0 aromatic carbocycles. The zero-order valence-corrected chi connectivity index (χ0v) is 15.7. The van der Waals surface area contributed by atoms with Gasteiger partial charge in [-0.25, -0.2) is 15.0 Å². The first-order valence-corrected chi connectivity index (χ1v) is 10.7. The van der Waals surface area contributed by atoms with Gasteiger partial charge in [-0.05, 0) is 54.6 Å². The Labute approximate surface area is 136 Å². The highest BCUT2D eigenvalue weighted by Gasteiger charge is 2.45. The number of carbonyl (C=O) groups is 1. The summed E-state index contributed by atoms with van der Waals surface area (Å²) in [5.74, 6) is 1.81. The van der Waals surface area contributed by atoms with Crippen LogP contribution in [0.15, 0.2) is 16.7 Å². The lowest BCUT2D eigenvalue weighted by molar-refractivity contribution is -0.123. The lowest BCUT2D eigenvalue weighted by atomic mass is 9.87. The molecule has 118 valence electrons. The fourth-order valence-electron chi connectivity index (χ4n) is 2.24. The van der Waals surface area contributed by atoms with E-state index in [0.717, 1.165) is 21.6 Å². The molecule has 0 unspecified atom stereocenters. The van der Waals surface area contributed by atoms with Gasteiger partial charge in [-0.15, -0.1) is 0 Å². The zero-order chi connectivity index (χ0) is 15.8. The number of nitrogens with zero attached hydrogens (tertiary/aromatic N) is 2. The summed E-state index contributed by atoms with van der Waals surface area (Å²) in [5.41, 5.74) is 0.400. The van der Waals surface area contributed by atoms with Crippen LogP contribution < -0.4 is 4.90 Å². The summed E-state index contributed by atoms with van der Waals surface area (Å²) in [6.07, 6.45) is 8.50. The van der Waals surface area contributed by atoms with E-state index < -0.39 is 15.4 Å². The van der Waals surface area contributed by atoms with Gasteiger partial charge in [0.15, 0.2) is 0 Å². The van der Waals surface area contributed by atoms with E-state index >= 15 is 0 Å². The Bertz CT molecular complexity index is 555. The van der Waals surface area contributed by atoms with Gasteiger partial charge < -0.3 is 4.74 Å². The van der Waals surface area contributed by atoms with Crippen molar-refractivity contribution in [2.24, 2.45) is 0 Å². The summed E-state index contributed by atoms with van der Waals surface area (Å²) in [7, 11) is -0.573. The van der Waals surface area contributed by atoms with E-state index in [-0.39, 0.29) is 12.6 Å². The molecule has 1 aliphatic rings. The molecule has 0 N–H and O–H groups in total. The molecular formula is C15H23BrN2O2S. The van der Waals surface area contributed by atoms with Crippen molar-refractivity contribution in [3.8, 4) is 0 Å². The van der Waals surface area contributed by atoms with Crippen molar-refractivity contribution in [2.45, 2.75) is 19.3 Å². The third kappa shape index (κ3) is 3.60. The monoisotopic (exact) mass is 374 g/mol. The van der Waals surface area contributed by atoms with E-state index in [0.29, 0.717) is 6.61 Å². The van der Waals surface area contributed by atoms with E-state index in [2.05, 4.69) is 39.7 Å². The van der Waals surface area contributed by atoms with Gasteiger partial charge in [-0.2, -0.15) is 0 Å². The van der Waals surface area contributed by atoms with Crippen LogP contribution in [-0.4, -0.2) is 48.7 Å². The summed E-state index contributed by atoms with van der Waals surface area (Å²) in [6.45, 7) is 4.82. The summed E-state index contributed by atoms with van der Waals surface area (Å²) < 4.78 is 6.61. The highest BCUT2D eigenvalue weighted by Crippen LogP contribution is 2.41. The summed E-state index contributed by atoms with van der Waals surface area (Å²) in [6, 6.07) is 1.97. The third-order valence-corrected chi connectivity index (χ3v) is 5.43. The number of hydrogen-bond acceptors (Lipinski definition) is 3. The largest absolute Gasteiger partial charge is 0.360 e. The molecule has 1 amide bonds. The first kappa shape index (κ1) is 16.8. The first-order chi connectivity index (χ1) is 9.63. The molecular weight excluding hydrogens is 352 g/mol. The van der Waals surface area contributed by atoms with Crippen LogP contribution in [0.5, 0.6) is 0 Å². The van der Waals surface area contributed by atoms with Crippen molar-refractivity contribution in [1.29, 1.82) is 0 Å². The number of aromatic nitrogens is 1. The number of amides is 1. The van der Waals surface area contributed by atoms with Crippen LogP contribution in [0.1, 0.15) is 19.4 Å². The van der Waals surface area contributed by atoms with E-state index in [9.17, 15) is 4.79 Å². The maximum absolute atomic E-state index is 12.6. The minimum Gasteiger partial charge on any atom is -0.360 e. The van der Waals surface area contributed by atoms with Gasteiger partial charge in [0.1, 0.15) is 12.5 Å². The Balaban J connectivity index is 2.10. The number of fused-ring (bicyclic) bond motifs is 1. The van der Waals surface area contributed by atoms with Gasteiger partial charge in [0.2, 0.25) is 5.91 Å². The molecule has 0 atom stereocenters. The Morgan fingerprint density at radius 3 is 2.67 bits per heavy atom. The van der Waals surface area contributed by atoms with Crippen molar-refractivity contribution in [3.05, 3.63) is 22.3 Å². The van der Waals surface area contributed by atoms with Crippen molar-refractivity contribution < 1.29 is 9.53 Å². The minimum atomic E-state index is -0.573. The molecule has 4 nitrogen and oxygen atoms in total. The molecule has 0 radical (unpaired) electrons. The van der Waals surface area contributed by atoms with E-state index in [1.165, 1.54) is 0 Å². The highest BCUT2D eigenvalue weighted by atomic mass is 79.9. The number of hydrogen-bond donors (Lipinski definition) is 0. The van der Waals surface area contributed by atoms with Crippen LogP contribution in [0.2, 0.25) is 0 Å². The van der Waals surface area contributed by atoms with Gasteiger partial charge in [0.25, 0.3) is 0 Å². The lowest BCUT2D eigenvalue weighted by Gasteiger charge is -2.25. The lowest BCUT2D eigenvalue weighted by Crippen LogP contribution is -2.38. The third-order valence-electron chi connectivity index (χ3n) is 3.60. The zero-order valence-electron chi connectivity index (χ0n) is 13.3. The molecule has 0 fully saturated rings. The molecule has 1 aromatic heterocycles. The van der Waals surface area contributed by atoms with Gasteiger partial charge >= 0.3 is 0 Å². The predicted molar refractivity (Wildman–Crippen MR) is 93.5 cm³/mol. The number of carbonyl (C=O) groups excluding carboxylic acids is 1. The van der Waals surface area contributed by atoms with Crippen LogP contribution >= 0.6 is 26.0 Å². The highest BCUT2D eigenvalue weighted by molar-refractivity contribution is 9.10. The van der Waals surface area contributed by atoms with Crippen LogP contribution in [0.25, 0.3) is 0 Å². The molecule has 6 heteroatoms. The fourth-order valence-corrected chi connectivity index (χ4v) is 3.19. The molecule has 1 aliphatic heterocycles. The van der Waals surface area contributed by atoms with Gasteiger partial charge in [0, 0.05) is 22.0 Å². The Hall–Kier alpha value is -0.590. The summed E-state index contributed by atoms with van der Waals surface area (Å²) in [4.78, 5) is 18.6. The first-order valence-electron chi connectivity index (χ1n) is 6.85. The minimum absolute atomic E-state index is 0.0474. The number of halogens is 1. The second kappa shape index (κ2) is 5.89. The second-order valence-corrected chi connectivity index (χ2v) is 12.2. The van der Waals surface area contributed by atoms with Crippen molar-refractivity contribution in [1.82, 2.24) is 4.98 Å². The topological polar surface area (TPSA) is 42.4 Å². The van der Waals surface area contributed by atoms with E-state index in [1.54, 1.807) is 11.1 Å². The summed E-state index contributed by atoms with van der Waals surface area (Å²) in [5, 5.41) is 0. The number of pyridine rings is 1. The maximum atomic E-state index is 12.6. The molecule has 0 saturated heterocycles. The SMILES string of the molecule is CC1(C)C(=O)N(COCCS(C)(C)C)c2ncc(Br)cc21. The molecule has 0 aliphatic carbocycles. The van der Waals surface area contributed by atoms with Gasteiger partial charge in [0.05, 0.1) is 12.0 Å². The molecule has 0 bridgehead atoms. The quantitative estimate of drug-likeness (QED) is 0.743. The number of rotatable bonds is 5. The van der Waals surface area contributed by atoms with Crippen molar-refractivity contribution >= 4 is 37.7 Å². The average Bonchev–Trinajstić information content (AvgIpc) is 2.54. The van der Waals surface area contributed by atoms with Crippen LogP contribution in [0.4, 0.5) is 5.82 Å².